The molecule has 108 valence electrons. The summed E-state index contributed by atoms with van der Waals surface area (Å²) in [5.41, 5.74) is 6.26. The molecule has 0 aliphatic heterocycles. The van der Waals surface area contributed by atoms with Crippen LogP contribution in [0.2, 0.25) is 0 Å². The minimum absolute atomic E-state index is 0.0458. The maximum Gasteiger partial charge on any atom is 0.0982 e. The summed E-state index contributed by atoms with van der Waals surface area (Å²) in [5.74, 6) is 0.664. The Labute approximate surface area is 111 Å². The number of methoxy groups -OCH3 is 1. The van der Waals surface area contributed by atoms with Crippen LogP contribution in [0.25, 0.3) is 0 Å². The van der Waals surface area contributed by atoms with Gasteiger partial charge in [-0.2, -0.15) is 0 Å². The summed E-state index contributed by atoms with van der Waals surface area (Å²) < 4.78 is 11.0. The van der Waals surface area contributed by atoms with Crippen LogP contribution in [0.3, 0.4) is 0 Å². The first-order chi connectivity index (χ1) is 8.38. The third kappa shape index (κ3) is 4.84. The molecule has 3 N–H and O–H groups in total. The van der Waals surface area contributed by atoms with Crippen molar-refractivity contribution in [3.63, 3.8) is 0 Å². The molecule has 0 aromatic carbocycles. The van der Waals surface area contributed by atoms with Crippen LogP contribution in [-0.4, -0.2) is 43.7 Å². The quantitative estimate of drug-likeness (QED) is 0.759. The van der Waals surface area contributed by atoms with E-state index >= 15 is 0 Å². The maximum atomic E-state index is 9.39. The second kappa shape index (κ2) is 6.85. The Morgan fingerprint density at radius 3 is 2.56 bits per heavy atom. The molecule has 4 heteroatoms. The number of rotatable bonds is 6. The van der Waals surface area contributed by atoms with Crippen LogP contribution in [-0.2, 0) is 9.47 Å². The van der Waals surface area contributed by atoms with Gasteiger partial charge in [0.25, 0.3) is 0 Å². The number of aliphatic hydroxyl groups excluding tert-OH is 1. The molecule has 1 rings (SSSR count). The van der Waals surface area contributed by atoms with Crippen molar-refractivity contribution in [1.82, 2.24) is 0 Å². The second-order valence-corrected chi connectivity index (χ2v) is 6.51. The standard InChI is InChI=1S/C14H29NO3/c1-10-5-11(7-14(2,3)6-10)18-13(8-16)12(15)9-17-4/h10-13,16H,5-9,15H2,1-4H3. The predicted molar refractivity (Wildman–Crippen MR) is 72.4 cm³/mol. The van der Waals surface area contributed by atoms with Crippen molar-refractivity contribution in [1.29, 1.82) is 0 Å². The lowest BCUT2D eigenvalue weighted by Gasteiger charge is -2.40. The van der Waals surface area contributed by atoms with Gasteiger partial charge in [0.2, 0.25) is 0 Å². The monoisotopic (exact) mass is 259 g/mol. The Bertz CT molecular complexity index is 245. The Morgan fingerprint density at radius 1 is 1.39 bits per heavy atom. The molecule has 0 aromatic rings. The molecule has 1 aliphatic rings. The lowest BCUT2D eigenvalue weighted by Crippen LogP contribution is -2.46. The van der Waals surface area contributed by atoms with Crippen LogP contribution in [0, 0.1) is 11.3 Å². The summed E-state index contributed by atoms with van der Waals surface area (Å²) >= 11 is 0. The highest BCUT2D eigenvalue weighted by Crippen LogP contribution is 2.40. The fourth-order valence-electron chi connectivity index (χ4n) is 3.19. The molecule has 0 aromatic heterocycles. The summed E-state index contributed by atoms with van der Waals surface area (Å²) in [6.07, 6.45) is 3.20. The van der Waals surface area contributed by atoms with E-state index in [2.05, 4.69) is 20.8 Å². The van der Waals surface area contributed by atoms with Crippen molar-refractivity contribution in [2.75, 3.05) is 20.3 Å². The fraction of sp³-hybridized carbons (Fsp3) is 1.00. The highest BCUT2D eigenvalue weighted by atomic mass is 16.5. The highest BCUT2D eigenvalue weighted by Gasteiger charge is 2.34. The van der Waals surface area contributed by atoms with Crippen LogP contribution in [0.1, 0.15) is 40.0 Å². The molecule has 0 amide bonds. The first-order valence-electron chi connectivity index (χ1n) is 6.89. The fourth-order valence-corrected chi connectivity index (χ4v) is 3.19. The molecule has 1 aliphatic carbocycles. The normalized spacial score (nSPS) is 31.0. The molecule has 1 fully saturated rings. The number of hydrogen-bond acceptors (Lipinski definition) is 4. The molecule has 0 spiro atoms. The van der Waals surface area contributed by atoms with E-state index in [0.29, 0.717) is 17.9 Å². The summed E-state index contributed by atoms with van der Waals surface area (Å²) in [4.78, 5) is 0. The summed E-state index contributed by atoms with van der Waals surface area (Å²) in [6, 6.07) is -0.264. The zero-order valence-electron chi connectivity index (χ0n) is 12.2. The number of nitrogens with two attached hydrogens (primary N) is 1. The van der Waals surface area contributed by atoms with E-state index in [4.69, 9.17) is 15.2 Å². The van der Waals surface area contributed by atoms with E-state index in [-0.39, 0.29) is 24.9 Å². The molecule has 0 heterocycles. The molecule has 4 nitrogen and oxygen atoms in total. The zero-order chi connectivity index (χ0) is 13.8. The van der Waals surface area contributed by atoms with Gasteiger partial charge in [-0.05, 0) is 30.6 Å². The zero-order valence-corrected chi connectivity index (χ0v) is 12.2. The largest absolute Gasteiger partial charge is 0.394 e. The van der Waals surface area contributed by atoms with Crippen LogP contribution < -0.4 is 5.73 Å². The molecule has 0 saturated heterocycles. The predicted octanol–water partition coefficient (Wildman–Crippen LogP) is 1.55. The van der Waals surface area contributed by atoms with Crippen molar-refractivity contribution in [2.24, 2.45) is 17.1 Å². The van der Waals surface area contributed by atoms with Gasteiger partial charge in [-0.3, -0.25) is 0 Å². The van der Waals surface area contributed by atoms with Gasteiger partial charge in [-0.15, -0.1) is 0 Å². The Morgan fingerprint density at radius 2 is 2.06 bits per heavy atom. The van der Waals surface area contributed by atoms with Gasteiger partial charge < -0.3 is 20.3 Å². The molecule has 1 saturated carbocycles. The van der Waals surface area contributed by atoms with Gasteiger partial charge in [-0.25, -0.2) is 0 Å². The minimum atomic E-state index is -0.323. The van der Waals surface area contributed by atoms with Crippen molar-refractivity contribution in [2.45, 2.75) is 58.3 Å². The maximum absolute atomic E-state index is 9.39. The topological polar surface area (TPSA) is 64.7 Å². The Hall–Kier alpha value is -0.160. The molecule has 0 radical (unpaired) electrons. The average molecular weight is 259 g/mol. The lowest BCUT2D eigenvalue weighted by atomic mass is 9.71. The van der Waals surface area contributed by atoms with Crippen LogP contribution >= 0.6 is 0 Å². The van der Waals surface area contributed by atoms with Gasteiger partial charge in [0.15, 0.2) is 0 Å². The number of ether oxygens (including phenoxy) is 2. The van der Waals surface area contributed by atoms with Crippen LogP contribution in [0.4, 0.5) is 0 Å². The first kappa shape index (κ1) is 15.9. The first-order valence-corrected chi connectivity index (χ1v) is 6.89. The van der Waals surface area contributed by atoms with E-state index in [9.17, 15) is 5.11 Å². The smallest absolute Gasteiger partial charge is 0.0982 e. The van der Waals surface area contributed by atoms with Gasteiger partial charge in [0.05, 0.1) is 31.5 Å². The molecule has 4 unspecified atom stereocenters. The van der Waals surface area contributed by atoms with Gasteiger partial charge in [0.1, 0.15) is 0 Å². The second-order valence-electron chi connectivity index (χ2n) is 6.51. The van der Waals surface area contributed by atoms with Crippen molar-refractivity contribution >= 4 is 0 Å². The van der Waals surface area contributed by atoms with Gasteiger partial charge in [0, 0.05) is 7.11 Å². The van der Waals surface area contributed by atoms with E-state index < -0.39 is 0 Å². The Balaban J connectivity index is 2.53. The van der Waals surface area contributed by atoms with E-state index in [1.807, 2.05) is 0 Å². The van der Waals surface area contributed by atoms with Crippen LogP contribution in [0.5, 0.6) is 0 Å². The third-order valence-electron chi connectivity index (χ3n) is 3.73. The highest BCUT2D eigenvalue weighted by molar-refractivity contribution is 4.85. The molecule has 4 atom stereocenters. The third-order valence-corrected chi connectivity index (χ3v) is 3.73. The average Bonchev–Trinajstić information content (AvgIpc) is 2.23. The molecule has 18 heavy (non-hydrogen) atoms. The molecular formula is C14H29NO3. The van der Waals surface area contributed by atoms with E-state index in [1.54, 1.807) is 7.11 Å². The summed E-state index contributed by atoms with van der Waals surface area (Å²) in [5, 5.41) is 9.39. The van der Waals surface area contributed by atoms with Crippen molar-refractivity contribution < 1.29 is 14.6 Å². The van der Waals surface area contributed by atoms with E-state index in [0.717, 1.165) is 12.8 Å². The summed E-state index contributed by atoms with van der Waals surface area (Å²) in [7, 11) is 1.61. The Kier molecular flexibility index (Phi) is 6.05. The van der Waals surface area contributed by atoms with Crippen LogP contribution in [0.15, 0.2) is 0 Å². The molecular weight excluding hydrogens is 230 g/mol. The van der Waals surface area contributed by atoms with Gasteiger partial charge in [-0.1, -0.05) is 20.8 Å². The summed E-state index contributed by atoms with van der Waals surface area (Å²) in [6.45, 7) is 7.19. The number of hydrogen-bond donors (Lipinski definition) is 2. The van der Waals surface area contributed by atoms with Gasteiger partial charge >= 0.3 is 0 Å². The number of aliphatic hydroxyl groups is 1. The lowest BCUT2D eigenvalue weighted by molar-refractivity contribution is -0.0961. The van der Waals surface area contributed by atoms with Crippen molar-refractivity contribution in [3.8, 4) is 0 Å². The van der Waals surface area contributed by atoms with E-state index in [1.165, 1.54) is 6.42 Å². The minimum Gasteiger partial charge on any atom is -0.394 e. The SMILES string of the molecule is COCC(N)C(CO)OC1CC(C)CC(C)(C)C1. The molecule has 0 bridgehead atoms. The van der Waals surface area contributed by atoms with Crippen molar-refractivity contribution in [3.05, 3.63) is 0 Å².